The Morgan fingerprint density at radius 2 is 1.95 bits per heavy atom. The maximum absolute atomic E-state index is 11.8. The molecule has 2 rings (SSSR count). The zero-order valence-electron chi connectivity index (χ0n) is 12.3. The van der Waals surface area contributed by atoms with Gasteiger partial charge >= 0.3 is 0 Å². The van der Waals surface area contributed by atoms with E-state index in [-0.39, 0.29) is 5.91 Å². The summed E-state index contributed by atoms with van der Waals surface area (Å²) in [5.41, 5.74) is 2.33. The minimum atomic E-state index is 0.0309. The normalized spacial score (nSPS) is 10.2. The Hall–Kier alpha value is -1.94. The second kappa shape index (κ2) is 7.74. The summed E-state index contributed by atoms with van der Waals surface area (Å²) in [6.07, 6.45) is 0. The van der Waals surface area contributed by atoms with Crippen molar-refractivity contribution < 1.29 is 9.53 Å². The first-order chi connectivity index (χ1) is 10.2. The predicted octanol–water partition coefficient (Wildman–Crippen LogP) is 3.41. The largest absolute Gasteiger partial charge is 0.497 e. The van der Waals surface area contributed by atoms with E-state index in [1.165, 1.54) is 17.3 Å². The molecule has 3 nitrogen and oxygen atoms in total. The number of ether oxygens (including phenoxy) is 1. The fourth-order valence-corrected chi connectivity index (χ4v) is 2.57. The number of thioether (sulfide) groups is 1. The van der Waals surface area contributed by atoms with Crippen LogP contribution in [0, 0.1) is 6.92 Å². The smallest absolute Gasteiger partial charge is 0.230 e. The fourth-order valence-electron chi connectivity index (χ4n) is 1.80. The number of aryl methyl sites for hydroxylation is 1. The molecule has 21 heavy (non-hydrogen) atoms. The number of benzene rings is 2. The summed E-state index contributed by atoms with van der Waals surface area (Å²) in [5, 5.41) is 2.93. The number of carbonyl (C=O) groups is 1. The van der Waals surface area contributed by atoms with Crippen molar-refractivity contribution in [1.82, 2.24) is 5.32 Å². The van der Waals surface area contributed by atoms with Gasteiger partial charge < -0.3 is 10.1 Å². The van der Waals surface area contributed by atoms with Gasteiger partial charge in [0.25, 0.3) is 0 Å². The third-order valence-electron chi connectivity index (χ3n) is 3.02. The highest BCUT2D eigenvalue weighted by molar-refractivity contribution is 8.00. The lowest BCUT2D eigenvalue weighted by Gasteiger charge is -2.06. The lowest BCUT2D eigenvalue weighted by molar-refractivity contribution is -0.118. The molecule has 0 aliphatic carbocycles. The summed E-state index contributed by atoms with van der Waals surface area (Å²) >= 11 is 1.50. The van der Waals surface area contributed by atoms with Gasteiger partial charge in [-0.1, -0.05) is 35.9 Å². The summed E-state index contributed by atoms with van der Waals surface area (Å²) in [6, 6.07) is 15.9. The molecule has 0 fully saturated rings. The molecular weight excluding hydrogens is 282 g/mol. The van der Waals surface area contributed by atoms with Crippen LogP contribution in [0.3, 0.4) is 0 Å². The van der Waals surface area contributed by atoms with Crippen molar-refractivity contribution in [2.45, 2.75) is 18.4 Å². The fraction of sp³-hybridized carbons (Fsp3) is 0.235. The predicted molar refractivity (Wildman–Crippen MR) is 86.7 cm³/mol. The third kappa shape index (κ3) is 5.16. The number of carbonyl (C=O) groups excluding carboxylic acids is 1. The Morgan fingerprint density at radius 1 is 1.19 bits per heavy atom. The number of methoxy groups -OCH3 is 1. The van der Waals surface area contributed by atoms with E-state index in [0.717, 1.165) is 16.2 Å². The van der Waals surface area contributed by atoms with E-state index in [9.17, 15) is 4.79 Å². The van der Waals surface area contributed by atoms with E-state index in [1.807, 2.05) is 55.5 Å². The summed E-state index contributed by atoms with van der Waals surface area (Å²) < 4.78 is 5.16. The van der Waals surface area contributed by atoms with Gasteiger partial charge in [0.05, 0.1) is 12.9 Å². The molecule has 0 heterocycles. The number of nitrogens with one attached hydrogen (secondary N) is 1. The van der Waals surface area contributed by atoms with Crippen LogP contribution in [0.2, 0.25) is 0 Å². The Labute approximate surface area is 129 Å². The Morgan fingerprint density at radius 3 is 2.67 bits per heavy atom. The van der Waals surface area contributed by atoms with Crippen molar-refractivity contribution in [3.8, 4) is 5.75 Å². The number of hydrogen-bond donors (Lipinski definition) is 1. The van der Waals surface area contributed by atoms with E-state index in [0.29, 0.717) is 12.3 Å². The van der Waals surface area contributed by atoms with Crippen LogP contribution < -0.4 is 10.1 Å². The first-order valence-corrected chi connectivity index (χ1v) is 7.75. The van der Waals surface area contributed by atoms with Crippen LogP contribution in [0.1, 0.15) is 11.1 Å². The van der Waals surface area contributed by atoms with Gasteiger partial charge in [-0.05, 0) is 30.7 Å². The molecule has 0 aliphatic rings. The second-order valence-electron chi connectivity index (χ2n) is 4.73. The molecule has 0 aromatic heterocycles. The van der Waals surface area contributed by atoms with Crippen LogP contribution >= 0.6 is 11.8 Å². The van der Waals surface area contributed by atoms with Crippen LogP contribution in [-0.4, -0.2) is 18.8 Å². The van der Waals surface area contributed by atoms with Gasteiger partial charge in [-0.25, -0.2) is 0 Å². The maximum atomic E-state index is 11.8. The maximum Gasteiger partial charge on any atom is 0.230 e. The van der Waals surface area contributed by atoms with Crippen molar-refractivity contribution in [3.05, 3.63) is 59.7 Å². The molecule has 0 bridgehead atoms. The zero-order valence-corrected chi connectivity index (χ0v) is 13.1. The first kappa shape index (κ1) is 15.4. The van der Waals surface area contributed by atoms with Gasteiger partial charge in [0.2, 0.25) is 5.91 Å². The monoisotopic (exact) mass is 301 g/mol. The molecule has 0 aliphatic heterocycles. The van der Waals surface area contributed by atoms with Gasteiger partial charge in [-0.2, -0.15) is 0 Å². The summed E-state index contributed by atoms with van der Waals surface area (Å²) in [6.45, 7) is 2.62. The number of amides is 1. The van der Waals surface area contributed by atoms with E-state index in [4.69, 9.17) is 4.74 Å². The molecule has 2 aromatic carbocycles. The third-order valence-corrected chi connectivity index (χ3v) is 4.02. The SMILES string of the molecule is COc1cccc(SCC(=O)NCc2ccc(C)cc2)c1. The topological polar surface area (TPSA) is 38.3 Å². The van der Waals surface area contributed by atoms with Crippen molar-refractivity contribution >= 4 is 17.7 Å². The van der Waals surface area contributed by atoms with Crippen molar-refractivity contribution in [2.24, 2.45) is 0 Å². The average Bonchev–Trinajstić information content (AvgIpc) is 2.52. The Kier molecular flexibility index (Phi) is 5.69. The standard InChI is InChI=1S/C17H19NO2S/c1-13-6-8-14(9-7-13)11-18-17(19)12-21-16-5-3-4-15(10-16)20-2/h3-10H,11-12H2,1-2H3,(H,18,19). The highest BCUT2D eigenvalue weighted by atomic mass is 32.2. The van der Waals surface area contributed by atoms with E-state index in [1.54, 1.807) is 7.11 Å². The highest BCUT2D eigenvalue weighted by Gasteiger charge is 2.04. The van der Waals surface area contributed by atoms with Crippen molar-refractivity contribution in [1.29, 1.82) is 0 Å². The van der Waals surface area contributed by atoms with E-state index in [2.05, 4.69) is 5.32 Å². The Bertz CT molecular complexity index is 596. The van der Waals surface area contributed by atoms with Gasteiger partial charge in [-0.15, -0.1) is 11.8 Å². The first-order valence-electron chi connectivity index (χ1n) is 6.76. The molecule has 0 atom stereocenters. The van der Waals surface area contributed by atoms with Gasteiger partial charge in [0, 0.05) is 11.4 Å². The van der Waals surface area contributed by atoms with Crippen LogP contribution in [-0.2, 0) is 11.3 Å². The molecule has 110 valence electrons. The molecule has 0 unspecified atom stereocenters. The van der Waals surface area contributed by atoms with Gasteiger partial charge in [-0.3, -0.25) is 4.79 Å². The van der Waals surface area contributed by atoms with E-state index < -0.39 is 0 Å². The second-order valence-corrected chi connectivity index (χ2v) is 5.78. The lowest BCUT2D eigenvalue weighted by Crippen LogP contribution is -2.24. The zero-order chi connectivity index (χ0) is 15.1. The van der Waals surface area contributed by atoms with E-state index >= 15 is 0 Å². The molecular formula is C17H19NO2S. The summed E-state index contributed by atoms with van der Waals surface area (Å²) in [7, 11) is 1.64. The van der Waals surface area contributed by atoms with Crippen LogP contribution in [0.5, 0.6) is 5.75 Å². The molecule has 2 aromatic rings. The molecule has 0 saturated carbocycles. The van der Waals surface area contributed by atoms with Crippen molar-refractivity contribution in [3.63, 3.8) is 0 Å². The molecule has 0 spiro atoms. The van der Waals surface area contributed by atoms with Gasteiger partial charge in [0.15, 0.2) is 0 Å². The molecule has 0 saturated heterocycles. The molecule has 1 N–H and O–H groups in total. The lowest BCUT2D eigenvalue weighted by atomic mass is 10.1. The average molecular weight is 301 g/mol. The van der Waals surface area contributed by atoms with Gasteiger partial charge in [0.1, 0.15) is 5.75 Å². The molecule has 0 radical (unpaired) electrons. The van der Waals surface area contributed by atoms with Crippen LogP contribution in [0.15, 0.2) is 53.4 Å². The summed E-state index contributed by atoms with van der Waals surface area (Å²) in [4.78, 5) is 12.9. The minimum Gasteiger partial charge on any atom is -0.497 e. The summed E-state index contributed by atoms with van der Waals surface area (Å²) in [5.74, 6) is 1.24. The molecule has 1 amide bonds. The minimum absolute atomic E-state index is 0.0309. The molecule has 4 heteroatoms. The highest BCUT2D eigenvalue weighted by Crippen LogP contribution is 2.22. The quantitative estimate of drug-likeness (QED) is 0.831. The number of rotatable bonds is 6. The van der Waals surface area contributed by atoms with Crippen molar-refractivity contribution in [2.75, 3.05) is 12.9 Å². The van der Waals surface area contributed by atoms with Crippen LogP contribution in [0.4, 0.5) is 0 Å². The Balaban J connectivity index is 1.78. The van der Waals surface area contributed by atoms with Crippen LogP contribution in [0.25, 0.3) is 0 Å². The number of hydrogen-bond acceptors (Lipinski definition) is 3.